The van der Waals surface area contributed by atoms with Crippen LogP contribution >= 0.6 is 0 Å². The van der Waals surface area contributed by atoms with E-state index < -0.39 is 0 Å². The number of carbonyl (C=O) groups is 1. The standard InChI is InChI=1S/C25H27N3O/c1-17-8-10-21(11-9-17)28-18(2)14-23(19(28)3)25(29)16-26-13-12-20-15-27-24-7-5-4-6-22(20)24/h4-11,14-15,26-27H,12-13,16H2,1-3H3. The zero-order chi connectivity index (χ0) is 20.4. The summed E-state index contributed by atoms with van der Waals surface area (Å²) >= 11 is 0. The zero-order valence-electron chi connectivity index (χ0n) is 17.3. The van der Waals surface area contributed by atoms with Gasteiger partial charge in [0.15, 0.2) is 5.78 Å². The molecule has 2 aromatic heterocycles. The second-order valence-corrected chi connectivity index (χ2v) is 7.67. The molecule has 0 atom stereocenters. The fourth-order valence-electron chi connectivity index (χ4n) is 3.99. The Morgan fingerprint density at radius 3 is 2.59 bits per heavy atom. The summed E-state index contributed by atoms with van der Waals surface area (Å²) in [5, 5.41) is 4.57. The van der Waals surface area contributed by atoms with Crippen LogP contribution in [0.5, 0.6) is 0 Å². The molecule has 4 heteroatoms. The summed E-state index contributed by atoms with van der Waals surface area (Å²) in [6, 6.07) is 18.7. The first-order valence-corrected chi connectivity index (χ1v) is 10.1. The van der Waals surface area contributed by atoms with E-state index in [2.05, 4.69) is 70.5 Å². The maximum Gasteiger partial charge on any atom is 0.178 e. The third-order valence-corrected chi connectivity index (χ3v) is 5.56. The first kappa shape index (κ1) is 19.2. The van der Waals surface area contributed by atoms with Crippen molar-refractivity contribution in [1.29, 1.82) is 0 Å². The van der Waals surface area contributed by atoms with Gasteiger partial charge in [-0.1, -0.05) is 35.9 Å². The number of Topliss-reactive ketones (excluding diaryl/α,β-unsaturated/α-hetero) is 1. The van der Waals surface area contributed by atoms with E-state index in [1.165, 1.54) is 16.5 Å². The van der Waals surface area contributed by atoms with Crippen LogP contribution in [0.3, 0.4) is 0 Å². The third-order valence-electron chi connectivity index (χ3n) is 5.56. The van der Waals surface area contributed by atoms with Crippen molar-refractivity contribution in [1.82, 2.24) is 14.9 Å². The molecule has 0 amide bonds. The van der Waals surface area contributed by atoms with Crippen LogP contribution in [0.25, 0.3) is 16.6 Å². The zero-order valence-corrected chi connectivity index (χ0v) is 17.3. The van der Waals surface area contributed by atoms with Crippen LogP contribution in [0, 0.1) is 20.8 Å². The van der Waals surface area contributed by atoms with Gasteiger partial charge in [-0.25, -0.2) is 0 Å². The molecule has 0 radical (unpaired) electrons. The normalized spacial score (nSPS) is 11.3. The highest BCUT2D eigenvalue weighted by Crippen LogP contribution is 2.22. The van der Waals surface area contributed by atoms with Gasteiger partial charge in [0.25, 0.3) is 0 Å². The molecule has 0 unspecified atom stereocenters. The minimum atomic E-state index is 0.135. The Bertz CT molecular complexity index is 1150. The summed E-state index contributed by atoms with van der Waals surface area (Å²) in [6.07, 6.45) is 2.95. The summed E-state index contributed by atoms with van der Waals surface area (Å²) in [5.41, 5.74) is 7.62. The Balaban J connectivity index is 1.40. The molecule has 0 aliphatic rings. The molecular formula is C25H27N3O. The van der Waals surface area contributed by atoms with Crippen LogP contribution in [0.2, 0.25) is 0 Å². The van der Waals surface area contributed by atoms with Crippen LogP contribution in [-0.2, 0) is 6.42 Å². The first-order chi connectivity index (χ1) is 14.0. The molecule has 2 N–H and O–H groups in total. The van der Waals surface area contributed by atoms with Gasteiger partial charge in [0.05, 0.1) is 6.54 Å². The van der Waals surface area contributed by atoms with E-state index in [9.17, 15) is 4.79 Å². The average molecular weight is 386 g/mol. The number of hydrogen-bond acceptors (Lipinski definition) is 2. The second kappa shape index (κ2) is 8.10. The number of nitrogens with zero attached hydrogens (tertiary/aromatic N) is 1. The van der Waals surface area contributed by atoms with Crippen molar-refractivity contribution in [3.63, 3.8) is 0 Å². The van der Waals surface area contributed by atoms with E-state index in [0.717, 1.165) is 41.1 Å². The lowest BCUT2D eigenvalue weighted by molar-refractivity contribution is 0.0991. The molecule has 0 aliphatic carbocycles. The van der Waals surface area contributed by atoms with E-state index >= 15 is 0 Å². The number of carbonyl (C=O) groups excluding carboxylic acids is 1. The van der Waals surface area contributed by atoms with Crippen molar-refractivity contribution in [3.05, 3.63) is 88.9 Å². The minimum Gasteiger partial charge on any atom is -0.361 e. The number of ketones is 1. The minimum absolute atomic E-state index is 0.135. The molecular weight excluding hydrogens is 358 g/mol. The smallest absolute Gasteiger partial charge is 0.178 e. The number of nitrogens with one attached hydrogen (secondary N) is 2. The largest absolute Gasteiger partial charge is 0.361 e. The molecule has 0 fully saturated rings. The van der Waals surface area contributed by atoms with E-state index in [-0.39, 0.29) is 5.78 Å². The molecule has 0 saturated heterocycles. The van der Waals surface area contributed by atoms with E-state index in [1.807, 2.05) is 26.0 Å². The van der Waals surface area contributed by atoms with Crippen molar-refractivity contribution in [2.45, 2.75) is 27.2 Å². The summed E-state index contributed by atoms with van der Waals surface area (Å²) < 4.78 is 2.15. The molecule has 29 heavy (non-hydrogen) atoms. The maximum atomic E-state index is 12.8. The van der Waals surface area contributed by atoms with Gasteiger partial charge < -0.3 is 14.9 Å². The van der Waals surface area contributed by atoms with Gasteiger partial charge in [0.1, 0.15) is 0 Å². The summed E-state index contributed by atoms with van der Waals surface area (Å²) in [4.78, 5) is 16.1. The lowest BCUT2D eigenvalue weighted by Crippen LogP contribution is -2.25. The van der Waals surface area contributed by atoms with Crippen LogP contribution in [0.15, 0.2) is 60.8 Å². The highest BCUT2D eigenvalue weighted by atomic mass is 16.1. The van der Waals surface area contributed by atoms with Crippen molar-refractivity contribution in [2.24, 2.45) is 0 Å². The first-order valence-electron chi connectivity index (χ1n) is 10.1. The predicted molar refractivity (Wildman–Crippen MR) is 119 cm³/mol. The van der Waals surface area contributed by atoms with E-state index in [1.54, 1.807) is 0 Å². The molecule has 0 spiro atoms. The van der Waals surface area contributed by atoms with E-state index in [4.69, 9.17) is 0 Å². The quantitative estimate of drug-likeness (QED) is 0.351. The predicted octanol–water partition coefficient (Wildman–Crippen LogP) is 4.90. The van der Waals surface area contributed by atoms with Crippen molar-refractivity contribution in [3.8, 4) is 5.69 Å². The summed E-state index contributed by atoms with van der Waals surface area (Å²) in [5.74, 6) is 0.135. The van der Waals surface area contributed by atoms with Gasteiger partial charge in [-0.15, -0.1) is 0 Å². The highest BCUT2D eigenvalue weighted by molar-refractivity contribution is 5.99. The number of para-hydroxylation sites is 1. The van der Waals surface area contributed by atoms with Gasteiger partial charge in [-0.2, -0.15) is 0 Å². The van der Waals surface area contributed by atoms with Crippen LogP contribution in [0.1, 0.15) is 32.9 Å². The number of hydrogen-bond donors (Lipinski definition) is 2. The van der Waals surface area contributed by atoms with Gasteiger partial charge in [0, 0.05) is 39.7 Å². The molecule has 0 aliphatic heterocycles. The topological polar surface area (TPSA) is 49.8 Å². The molecule has 4 rings (SSSR count). The van der Waals surface area contributed by atoms with Crippen LogP contribution in [-0.4, -0.2) is 28.4 Å². The maximum absolute atomic E-state index is 12.8. The fourth-order valence-corrected chi connectivity index (χ4v) is 3.99. The average Bonchev–Trinajstić information content (AvgIpc) is 3.26. The Morgan fingerprint density at radius 1 is 1.03 bits per heavy atom. The van der Waals surface area contributed by atoms with Crippen molar-refractivity contribution >= 4 is 16.7 Å². The summed E-state index contributed by atoms with van der Waals surface area (Å²) in [6.45, 7) is 7.26. The molecule has 0 saturated carbocycles. The number of rotatable bonds is 7. The SMILES string of the molecule is Cc1ccc(-n2c(C)cc(C(=O)CNCCc3c[nH]c4ccccc34)c2C)cc1. The number of aromatic nitrogens is 2. The third kappa shape index (κ3) is 3.89. The molecule has 0 bridgehead atoms. The number of benzene rings is 2. The summed E-state index contributed by atoms with van der Waals surface area (Å²) in [7, 11) is 0. The van der Waals surface area contributed by atoms with Gasteiger partial charge in [-0.3, -0.25) is 4.79 Å². The number of fused-ring (bicyclic) bond motifs is 1. The lowest BCUT2D eigenvalue weighted by atomic mass is 10.1. The molecule has 4 nitrogen and oxygen atoms in total. The Hall–Kier alpha value is -3.11. The van der Waals surface area contributed by atoms with Gasteiger partial charge in [-0.05, 0) is 63.6 Å². The second-order valence-electron chi connectivity index (χ2n) is 7.67. The Labute approximate surface area is 171 Å². The molecule has 2 heterocycles. The fraction of sp³-hybridized carbons (Fsp3) is 0.240. The number of aryl methyl sites for hydroxylation is 2. The van der Waals surface area contributed by atoms with Gasteiger partial charge >= 0.3 is 0 Å². The van der Waals surface area contributed by atoms with Gasteiger partial charge in [0.2, 0.25) is 0 Å². The van der Waals surface area contributed by atoms with E-state index in [0.29, 0.717) is 6.54 Å². The number of H-pyrrole nitrogens is 1. The van der Waals surface area contributed by atoms with Crippen LogP contribution < -0.4 is 5.32 Å². The molecule has 2 aromatic carbocycles. The number of aromatic amines is 1. The monoisotopic (exact) mass is 385 g/mol. The Morgan fingerprint density at radius 2 is 1.79 bits per heavy atom. The van der Waals surface area contributed by atoms with Crippen molar-refractivity contribution < 1.29 is 4.79 Å². The Kier molecular flexibility index (Phi) is 5.36. The van der Waals surface area contributed by atoms with Crippen molar-refractivity contribution in [2.75, 3.05) is 13.1 Å². The lowest BCUT2D eigenvalue weighted by Gasteiger charge is -2.10. The van der Waals surface area contributed by atoms with Crippen LogP contribution in [0.4, 0.5) is 0 Å². The highest BCUT2D eigenvalue weighted by Gasteiger charge is 2.16. The molecule has 4 aromatic rings. The molecule has 148 valence electrons.